The predicted molar refractivity (Wildman–Crippen MR) is 101 cm³/mol. The maximum atomic E-state index is 12.1. The fraction of sp³-hybridized carbons (Fsp3) is 0.353. The van der Waals surface area contributed by atoms with Gasteiger partial charge in [-0.25, -0.2) is 4.79 Å². The molecule has 1 aliphatic carbocycles. The lowest BCUT2D eigenvalue weighted by Gasteiger charge is -2.32. The third kappa shape index (κ3) is 4.54. The summed E-state index contributed by atoms with van der Waals surface area (Å²) in [4.78, 5) is 27.6. The molecule has 0 spiro atoms. The number of rotatable bonds is 3. The molecule has 5 nitrogen and oxygen atoms in total. The number of hydrogen-bond acceptors (Lipinski definition) is 4. The normalized spacial score (nSPS) is 25.1. The van der Waals surface area contributed by atoms with Crippen LogP contribution in [0.3, 0.4) is 0 Å². The standard InChI is InChI=1S/C17H17Cl3N2O3/c1-9(2)12-8-13(23)17(3,20)15(19)14(12)22-25-16(24)21-11-6-4-10(18)5-7-11/h4-9,15H,1-3H3,(H,21,24). The highest BCUT2D eigenvalue weighted by Crippen LogP contribution is 2.35. The number of nitrogens with zero attached hydrogens (tertiary/aromatic N) is 1. The number of alkyl halides is 2. The Morgan fingerprint density at radius 1 is 1.32 bits per heavy atom. The van der Waals surface area contributed by atoms with Crippen LogP contribution in [-0.2, 0) is 9.63 Å². The largest absolute Gasteiger partial charge is 0.437 e. The number of nitrogens with one attached hydrogen (secondary N) is 1. The van der Waals surface area contributed by atoms with Crippen LogP contribution in [0, 0.1) is 5.92 Å². The summed E-state index contributed by atoms with van der Waals surface area (Å²) < 4.78 is 0. The topological polar surface area (TPSA) is 67.8 Å². The third-order valence-electron chi connectivity index (χ3n) is 3.72. The third-order valence-corrected chi connectivity index (χ3v) is 5.13. The first kappa shape index (κ1) is 19.8. The molecule has 0 saturated heterocycles. The molecule has 2 atom stereocenters. The fourth-order valence-electron chi connectivity index (χ4n) is 2.21. The Labute approximate surface area is 160 Å². The van der Waals surface area contributed by atoms with E-state index in [1.165, 1.54) is 13.0 Å². The summed E-state index contributed by atoms with van der Waals surface area (Å²) in [5, 5.41) is 5.98. The second-order valence-electron chi connectivity index (χ2n) is 6.04. The first-order valence-corrected chi connectivity index (χ1v) is 8.73. The Morgan fingerprint density at radius 3 is 2.48 bits per heavy atom. The van der Waals surface area contributed by atoms with E-state index in [0.717, 1.165) is 0 Å². The van der Waals surface area contributed by atoms with Crippen molar-refractivity contribution in [3.8, 4) is 0 Å². The van der Waals surface area contributed by atoms with Gasteiger partial charge in [0.05, 0.1) is 0 Å². The zero-order valence-electron chi connectivity index (χ0n) is 13.8. The van der Waals surface area contributed by atoms with Gasteiger partial charge in [0.25, 0.3) is 0 Å². The van der Waals surface area contributed by atoms with Crippen LogP contribution in [0.1, 0.15) is 20.8 Å². The highest BCUT2D eigenvalue weighted by Gasteiger charge is 2.45. The van der Waals surface area contributed by atoms with Crippen LogP contribution in [-0.4, -0.2) is 27.8 Å². The van der Waals surface area contributed by atoms with Gasteiger partial charge in [-0.1, -0.05) is 30.6 Å². The van der Waals surface area contributed by atoms with Crippen molar-refractivity contribution in [1.82, 2.24) is 0 Å². The summed E-state index contributed by atoms with van der Waals surface area (Å²) in [6.07, 6.45) is 0.602. The minimum Gasteiger partial charge on any atom is -0.297 e. The van der Waals surface area contributed by atoms with Gasteiger partial charge >= 0.3 is 6.09 Å². The molecule has 8 heteroatoms. The number of oxime groups is 1. The number of carbonyl (C=O) groups excluding carboxylic acids is 2. The second-order valence-corrected chi connectivity index (χ2v) is 7.70. The molecule has 0 aromatic heterocycles. The van der Waals surface area contributed by atoms with Gasteiger partial charge in [-0.05, 0) is 48.8 Å². The van der Waals surface area contributed by atoms with Crippen LogP contribution in [0.5, 0.6) is 0 Å². The highest BCUT2D eigenvalue weighted by molar-refractivity contribution is 6.50. The lowest BCUT2D eigenvalue weighted by atomic mass is 9.82. The SMILES string of the molecule is CC(C)C1=CC(=O)C(C)(Cl)C(Cl)C1=NOC(=O)Nc1ccc(Cl)cc1. The van der Waals surface area contributed by atoms with Crippen molar-refractivity contribution in [1.29, 1.82) is 0 Å². The van der Waals surface area contributed by atoms with E-state index < -0.39 is 16.3 Å². The minimum absolute atomic E-state index is 0.0420. The lowest BCUT2D eigenvalue weighted by Crippen LogP contribution is -2.47. The van der Waals surface area contributed by atoms with Gasteiger partial charge in [-0.3, -0.25) is 14.9 Å². The number of benzene rings is 1. The molecule has 1 aliphatic rings. The summed E-state index contributed by atoms with van der Waals surface area (Å²) in [7, 11) is 0. The van der Waals surface area contributed by atoms with Crippen LogP contribution < -0.4 is 5.32 Å². The van der Waals surface area contributed by atoms with Gasteiger partial charge in [-0.15, -0.1) is 23.2 Å². The molecule has 0 bridgehead atoms. The zero-order chi connectivity index (χ0) is 18.8. The predicted octanol–water partition coefficient (Wildman–Crippen LogP) is 5.01. The van der Waals surface area contributed by atoms with E-state index in [-0.39, 0.29) is 17.4 Å². The number of anilines is 1. The Hall–Kier alpha value is -1.56. The molecule has 0 heterocycles. The maximum Gasteiger partial charge on any atom is 0.437 e. The molecule has 1 amide bonds. The van der Waals surface area contributed by atoms with Crippen molar-refractivity contribution in [2.24, 2.45) is 11.1 Å². The Bertz CT molecular complexity index is 740. The van der Waals surface area contributed by atoms with Gasteiger partial charge < -0.3 is 0 Å². The zero-order valence-corrected chi connectivity index (χ0v) is 16.1. The van der Waals surface area contributed by atoms with Crippen molar-refractivity contribution >= 4 is 58.1 Å². The van der Waals surface area contributed by atoms with Crippen LogP contribution in [0.25, 0.3) is 0 Å². The van der Waals surface area contributed by atoms with E-state index in [1.54, 1.807) is 24.3 Å². The molecular formula is C17H17Cl3N2O3. The molecule has 2 unspecified atom stereocenters. The van der Waals surface area contributed by atoms with Crippen LogP contribution in [0.4, 0.5) is 10.5 Å². The summed E-state index contributed by atoms with van der Waals surface area (Å²) >= 11 is 18.3. The van der Waals surface area contributed by atoms with Crippen molar-refractivity contribution < 1.29 is 14.4 Å². The first-order valence-electron chi connectivity index (χ1n) is 7.53. The van der Waals surface area contributed by atoms with Crippen molar-refractivity contribution in [3.63, 3.8) is 0 Å². The number of allylic oxidation sites excluding steroid dienone is 2. The molecule has 134 valence electrons. The molecule has 0 aliphatic heterocycles. The van der Waals surface area contributed by atoms with E-state index in [1.807, 2.05) is 13.8 Å². The Morgan fingerprint density at radius 2 is 1.92 bits per heavy atom. The second kappa shape index (κ2) is 7.77. The molecule has 0 radical (unpaired) electrons. The van der Waals surface area contributed by atoms with Crippen LogP contribution in [0.15, 0.2) is 41.1 Å². The summed E-state index contributed by atoms with van der Waals surface area (Å²) in [6, 6.07) is 6.50. The quantitative estimate of drug-likeness (QED) is 0.438. The average Bonchev–Trinajstić information content (AvgIpc) is 2.54. The van der Waals surface area contributed by atoms with Crippen LogP contribution in [0.2, 0.25) is 5.02 Å². The molecule has 0 fully saturated rings. The smallest absolute Gasteiger partial charge is 0.297 e. The highest BCUT2D eigenvalue weighted by atomic mass is 35.5. The van der Waals surface area contributed by atoms with Gasteiger partial charge in [0.2, 0.25) is 0 Å². The number of halogens is 3. The van der Waals surface area contributed by atoms with Gasteiger partial charge in [0.1, 0.15) is 16.0 Å². The molecular weight excluding hydrogens is 387 g/mol. The van der Waals surface area contributed by atoms with Crippen molar-refractivity contribution in [3.05, 3.63) is 40.9 Å². The van der Waals surface area contributed by atoms with E-state index >= 15 is 0 Å². The molecule has 1 N–H and O–H groups in total. The van der Waals surface area contributed by atoms with E-state index in [9.17, 15) is 9.59 Å². The van der Waals surface area contributed by atoms with E-state index in [2.05, 4.69) is 10.5 Å². The average molecular weight is 404 g/mol. The van der Waals surface area contributed by atoms with E-state index in [4.69, 9.17) is 39.6 Å². The fourth-order valence-corrected chi connectivity index (χ4v) is 2.77. The van der Waals surface area contributed by atoms with E-state index in [0.29, 0.717) is 16.3 Å². The Balaban J connectivity index is 2.19. The molecule has 1 aromatic rings. The van der Waals surface area contributed by atoms with Crippen molar-refractivity contribution in [2.75, 3.05) is 5.32 Å². The molecule has 0 saturated carbocycles. The summed E-state index contributed by atoms with van der Waals surface area (Å²) in [6.45, 7) is 5.26. The number of hydrogen-bond donors (Lipinski definition) is 1. The maximum absolute atomic E-state index is 12.1. The molecule has 1 aromatic carbocycles. The lowest BCUT2D eigenvalue weighted by molar-refractivity contribution is -0.116. The number of amides is 1. The van der Waals surface area contributed by atoms with Crippen molar-refractivity contribution in [2.45, 2.75) is 31.0 Å². The number of carbonyl (C=O) groups is 2. The summed E-state index contributed by atoms with van der Waals surface area (Å²) in [5.41, 5.74) is 1.35. The monoisotopic (exact) mass is 402 g/mol. The Kier molecular flexibility index (Phi) is 6.14. The van der Waals surface area contributed by atoms with Gasteiger partial charge in [0.15, 0.2) is 5.78 Å². The van der Waals surface area contributed by atoms with Crippen LogP contribution >= 0.6 is 34.8 Å². The first-order chi connectivity index (χ1) is 11.6. The molecule has 2 rings (SSSR count). The van der Waals surface area contributed by atoms with Gasteiger partial charge in [-0.2, -0.15) is 0 Å². The van der Waals surface area contributed by atoms with Gasteiger partial charge in [0, 0.05) is 10.7 Å². The molecule has 25 heavy (non-hydrogen) atoms. The number of ketones is 1. The minimum atomic E-state index is -1.35. The summed E-state index contributed by atoms with van der Waals surface area (Å²) in [5.74, 6) is -0.345.